The molecule has 0 fully saturated rings. The van der Waals surface area contributed by atoms with Crippen LogP contribution < -0.4 is 10.5 Å². The molecule has 17 heavy (non-hydrogen) atoms. The number of hydrogen-bond donors (Lipinski definition) is 1. The third-order valence-electron chi connectivity index (χ3n) is 2.57. The van der Waals surface area contributed by atoms with Gasteiger partial charge in [0.15, 0.2) is 11.6 Å². The summed E-state index contributed by atoms with van der Waals surface area (Å²) in [4.78, 5) is 3.97. The fourth-order valence-electron chi connectivity index (χ4n) is 1.54. The van der Waals surface area contributed by atoms with Gasteiger partial charge >= 0.3 is 0 Å². The van der Waals surface area contributed by atoms with Crippen molar-refractivity contribution in [3.05, 3.63) is 48.2 Å². The van der Waals surface area contributed by atoms with Gasteiger partial charge in [-0.05, 0) is 35.7 Å². The van der Waals surface area contributed by atoms with Crippen LogP contribution in [0.25, 0.3) is 0 Å². The van der Waals surface area contributed by atoms with E-state index in [1.54, 1.807) is 18.3 Å². The summed E-state index contributed by atoms with van der Waals surface area (Å²) in [6, 6.07) is 11.6. The standard InChI is InChI=1S/C14H16N2O/c1-10(2)11-5-7-12(8-6-11)17-13-4-3-9-16-14(13)15/h3-10H,1-2H3,(H2,15,16). The van der Waals surface area contributed by atoms with E-state index in [0.29, 0.717) is 17.5 Å². The average Bonchev–Trinajstić information content (AvgIpc) is 2.33. The molecule has 3 nitrogen and oxygen atoms in total. The highest BCUT2D eigenvalue weighted by Crippen LogP contribution is 2.26. The van der Waals surface area contributed by atoms with Gasteiger partial charge in [0, 0.05) is 6.20 Å². The summed E-state index contributed by atoms with van der Waals surface area (Å²) in [6.07, 6.45) is 1.64. The number of anilines is 1. The molecule has 0 aliphatic rings. The number of aromatic nitrogens is 1. The molecule has 0 aliphatic heterocycles. The molecular formula is C14H16N2O. The Morgan fingerprint density at radius 1 is 1.12 bits per heavy atom. The van der Waals surface area contributed by atoms with E-state index in [1.807, 2.05) is 12.1 Å². The van der Waals surface area contributed by atoms with Crippen molar-refractivity contribution in [1.29, 1.82) is 0 Å². The maximum atomic E-state index is 5.71. The first-order chi connectivity index (χ1) is 8.16. The van der Waals surface area contributed by atoms with Crippen LogP contribution in [0, 0.1) is 0 Å². The first kappa shape index (κ1) is 11.5. The van der Waals surface area contributed by atoms with E-state index in [1.165, 1.54) is 5.56 Å². The molecular weight excluding hydrogens is 212 g/mol. The molecule has 1 aromatic carbocycles. The Morgan fingerprint density at radius 3 is 2.41 bits per heavy atom. The van der Waals surface area contributed by atoms with Gasteiger partial charge in [0.2, 0.25) is 0 Å². The van der Waals surface area contributed by atoms with Gasteiger partial charge in [-0.2, -0.15) is 0 Å². The Kier molecular flexibility index (Phi) is 3.28. The number of hydrogen-bond acceptors (Lipinski definition) is 3. The molecule has 0 saturated carbocycles. The van der Waals surface area contributed by atoms with Crippen molar-refractivity contribution < 1.29 is 4.74 Å². The molecule has 0 atom stereocenters. The van der Waals surface area contributed by atoms with Crippen LogP contribution >= 0.6 is 0 Å². The van der Waals surface area contributed by atoms with E-state index >= 15 is 0 Å². The summed E-state index contributed by atoms with van der Waals surface area (Å²) in [5.41, 5.74) is 7.00. The molecule has 2 rings (SSSR count). The van der Waals surface area contributed by atoms with Crippen LogP contribution in [0.1, 0.15) is 25.3 Å². The Balaban J connectivity index is 2.17. The number of benzene rings is 1. The van der Waals surface area contributed by atoms with Crippen LogP contribution in [0.2, 0.25) is 0 Å². The summed E-state index contributed by atoms with van der Waals surface area (Å²) in [5, 5.41) is 0. The summed E-state index contributed by atoms with van der Waals surface area (Å²) in [5.74, 6) is 2.28. The zero-order valence-electron chi connectivity index (χ0n) is 10.1. The molecule has 3 heteroatoms. The number of nitrogen functional groups attached to an aromatic ring is 1. The zero-order chi connectivity index (χ0) is 12.3. The van der Waals surface area contributed by atoms with E-state index in [4.69, 9.17) is 10.5 Å². The third kappa shape index (κ3) is 2.75. The smallest absolute Gasteiger partial charge is 0.169 e. The Bertz CT molecular complexity index is 492. The highest BCUT2D eigenvalue weighted by atomic mass is 16.5. The van der Waals surface area contributed by atoms with E-state index < -0.39 is 0 Å². The lowest BCUT2D eigenvalue weighted by Crippen LogP contribution is -1.94. The first-order valence-electron chi connectivity index (χ1n) is 5.65. The molecule has 1 heterocycles. The van der Waals surface area contributed by atoms with Crippen molar-refractivity contribution in [3.63, 3.8) is 0 Å². The van der Waals surface area contributed by atoms with Crippen LogP contribution in [0.15, 0.2) is 42.6 Å². The number of nitrogens with zero attached hydrogens (tertiary/aromatic N) is 1. The zero-order valence-corrected chi connectivity index (χ0v) is 10.1. The lowest BCUT2D eigenvalue weighted by atomic mass is 10.0. The van der Waals surface area contributed by atoms with Gasteiger partial charge in [0.25, 0.3) is 0 Å². The van der Waals surface area contributed by atoms with Crippen molar-refractivity contribution in [2.45, 2.75) is 19.8 Å². The van der Waals surface area contributed by atoms with E-state index in [9.17, 15) is 0 Å². The number of nitrogens with two attached hydrogens (primary N) is 1. The van der Waals surface area contributed by atoms with Crippen LogP contribution in [0.3, 0.4) is 0 Å². The second-order valence-corrected chi connectivity index (χ2v) is 4.21. The molecule has 0 aliphatic carbocycles. The largest absolute Gasteiger partial charge is 0.453 e. The Morgan fingerprint density at radius 2 is 1.82 bits per heavy atom. The third-order valence-corrected chi connectivity index (χ3v) is 2.57. The Labute approximate surface area is 101 Å². The molecule has 0 unspecified atom stereocenters. The topological polar surface area (TPSA) is 48.1 Å². The Hall–Kier alpha value is -2.03. The van der Waals surface area contributed by atoms with Crippen molar-refractivity contribution in [2.24, 2.45) is 0 Å². The SMILES string of the molecule is CC(C)c1ccc(Oc2cccnc2N)cc1. The molecule has 0 spiro atoms. The van der Waals surface area contributed by atoms with E-state index in [0.717, 1.165) is 5.75 Å². The lowest BCUT2D eigenvalue weighted by molar-refractivity contribution is 0.483. The highest BCUT2D eigenvalue weighted by molar-refractivity contribution is 5.47. The van der Waals surface area contributed by atoms with Gasteiger partial charge in [-0.25, -0.2) is 4.98 Å². The minimum atomic E-state index is 0.403. The average molecular weight is 228 g/mol. The molecule has 0 amide bonds. The van der Waals surface area contributed by atoms with E-state index in [2.05, 4.69) is 31.0 Å². The molecule has 2 N–H and O–H groups in total. The minimum Gasteiger partial charge on any atom is -0.453 e. The van der Waals surface area contributed by atoms with Gasteiger partial charge < -0.3 is 10.5 Å². The minimum absolute atomic E-state index is 0.403. The molecule has 0 saturated heterocycles. The maximum absolute atomic E-state index is 5.71. The molecule has 2 aromatic rings. The van der Waals surface area contributed by atoms with Crippen molar-refractivity contribution >= 4 is 5.82 Å². The predicted molar refractivity (Wildman–Crippen MR) is 69.3 cm³/mol. The quantitative estimate of drug-likeness (QED) is 0.873. The molecule has 88 valence electrons. The number of rotatable bonds is 3. The number of pyridine rings is 1. The summed E-state index contributed by atoms with van der Waals surface area (Å²) in [6.45, 7) is 4.32. The summed E-state index contributed by atoms with van der Waals surface area (Å²) < 4.78 is 5.66. The van der Waals surface area contributed by atoms with Gasteiger partial charge in [-0.1, -0.05) is 26.0 Å². The van der Waals surface area contributed by atoms with Crippen LogP contribution in [0.4, 0.5) is 5.82 Å². The fraction of sp³-hybridized carbons (Fsp3) is 0.214. The van der Waals surface area contributed by atoms with Gasteiger partial charge in [0.05, 0.1) is 0 Å². The van der Waals surface area contributed by atoms with Crippen LogP contribution in [-0.2, 0) is 0 Å². The lowest BCUT2D eigenvalue weighted by Gasteiger charge is -2.09. The van der Waals surface area contributed by atoms with Gasteiger partial charge in [0.1, 0.15) is 5.75 Å². The van der Waals surface area contributed by atoms with Crippen molar-refractivity contribution in [1.82, 2.24) is 4.98 Å². The second kappa shape index (κ2) is 4.87. The predicted octanol–water partition coefficient (Wildman–Crippen LogP) is 3.58. The van der Waals surface area contributed by atoms with E-state index in [-0.39, 0.29) is 0 Å². The molecule has 0 radical (unpaired) electrons. The van der Waals surface area contributed by atoms with Crippen LogP contribution in [0.5, 0.6) is 11.5 Å². The van der Waals surface area contributed by atoms with Crippen molar-refractivity contribution in [2.75, 3.05) is 5.73 Å². The first-order valence-corrected chi connectivity index (χ1v) is 5.65. The monoisotopic (exact) mass is 228 g/mol. The highest BCUT2D eigenvalue weighted by Gasteiger charge is 2.03. The van der Waals surface area contributed by atoms with Gasteiger partial charge in [-0.15, -0.1) is 0 Å². The fourth-order valence-corrected chi connectivity index (χ4v) is 1.54. The summed E-state index contributed by atoms with van der Waals surface area (Å²) in [7, 11) is 0. The second-order valence-electron chi connectivity index (χ2n) is 4.21. The number of ether oxygens (including phenoxy) is 1. The maximum Gasteiger partial charge on any atom is 0.169 e. The van der Waals surface area contributed by atoms with Gasteiger partial charge in [-0.3, -0.25) is 0 Å². The molecule has 0 bridgehead atoms. The molecule has 1 aromatic heterocycles. The normalized spacial score (nSPS) is 10.5. The van der Waals surface area contributed by atoms with Crippen molar-refractivity contribution in [3.8, 4) is 11.5 Å². The summed E-state index contributed by atoms with van der Waals surface area (Å²) >= 11 is 0. The van der Waals surface area contributed by atoms with Crippen LogP contribution in [-0.4, -0.2) is 4.98 Å².